The monoisotopic (exact) mass is 541 g/mol. The Morgan fingerprint density at radius 2 is 1.87 bits per heavy atom. The highest BCUT2D eigenvalue weighted by Crippen LogP contribution is 2.20. The van der Waals surface area contributed by atoms with Gasteiger partial charge in [-0.05, 0) is 56.8 Å². The lowest BCUT2D eigenvalue weighted by Gasteiger charge is -2.30. The Balaban J connectivity index is 0.00000320. The zero-order valence-electron chi connectivity index (χ0n) is 18.7. The summed E-state index contributed by atoms with van der Waals surface area (Å²) in [6.07, 6.45) is 3.55. The number of thiazole rings is 1. The number of likely N-dealkylation sites (tertiary alicyclic amines) is 1. The highest BCUT2D eigenvalue weighted by molar-refractivity contribution is 14.0. The third kappa shape index (κ3) is 7.50. The molecular weight excluding hydrogens is 505 g/mol. The summed E-state index contributed by atoms with van der Waals surface area (Å²) in [4.78, 5) is 12.9. The van der Waals surface area contributed by atoms with Crippen LogP contribution in [0.15, 0.2) is 29.3 Å². The van der Waals surface area contributed by atoms with Crippen molar-refractivity contribution >= 4 is 41.3 Å². The molecule has 1 aromatic heterocycles. The van der Waals surface area contributed by atoms with E-state index in [2.05, 4.69) is 70.5 Å². The van der Waals surface area contributed by atoms with Crippen LogP contribution in [-0.4, -0.2) is 42.5 Å². The van der Waals surface area contributed by atoms with E-state index in [4.69, 9.17) is 0 Å². The predicted molar refractivity (Wildman–Crippen MR) is 139 cm³/mol. The third-order valence-electron chi connectivity index (χ3n) is 5.76. The molecule has 2 aromatic rings. The average molecular weight is 542 g/mol. The molecule has 0 atom stereocenters. The number of benzene rings is 1. The van der Waals surface area contributed by atoms with Crippen molar-refractivity contribution in [1.82, 2.24) is 20.5 Å². The number of piperidine rings is 1. The summed E-state index contributed by atoms with van der Waals surface area (Å²) >= 11 is 1.79. The molecule has 7 heteroatoms. The highest BCUT2D eigenvalue weighted by Gasteiger charge is 2.16. The first kappa shape index (κ1) is 25.1. The predicted octanol–water partition coefficient (Wildman–Crippen LogP) is 4.52. The van der Waals surface area contributed by atoms with Gasteiger partial charge in [-0.3, -0.25) is 9.89 Å². The van der Waals surface area contributed by atoms with Crippen LogP contribution >= 0.6 is 35.3 Å². The van der Waals surface area contributed by atoms with Gasteiger partial charge in [0.2, 0.25) is 0 Å². The van der Waals surface area contributed by atoms with E-state index in [1.807, 2.05) is 7.05 Å². The van der Waals surface area contributed by atoms with Gasteiger partial charge in [0.15, 0.2) is 5.96 Å². The Morgan fingerprint density at radius 3 is 2.50 bits per heavy atom. The zero-order valence-corrected chi connectivity index (χ0v) is 21.8. The van der Waals surface area contributed by atoms with Gasteiger partial charge in [0.1, 0.15) is 0 Å². The van der Waals surface area contributed by atoms with Crippen LogP contribution < -0.4 is 10.6 Å². The molecule has 2 heterocycles. The van der Waals surface area contributed by atoms with E-state index >= 15 is 0 Å². The Morgan fingerprint density at radius 1 is 1.17 bits per heavy atom. The summed E-state index contributed by atoms with van der Waals surface area (Å²) in [5.74, 6) is 1.71. The lowest BCUT2D eigenvalue weighted by atomic mass is 9.98. The number of rotatable bonds is 7. The normalized spacial score (nSPS) is 15.7. The number of aromatic nitrogens is 1. The average Bonchev–Trinajstić information content (AvgIpc) is 3.04. The Bertz CT molecular complexity index is 792. The number of halogens is 1. The second-order valence-corrected chi connectivity index (χ2v) is 9.37. The van der Waals surface area contributed by atoms with Gasteiger partial charge in [-0.2, -0.15) is 0 Å². The number of nitrogens with one attached hydrogen (secondary N) is 2. The van der Waals surface area contributed by atoms with E-state index in [0.717, 1.165) is 43.6 Å². The van der Waals surface area contributed by atoms with Crippen LogP contribution in [0.25, 0.3) is 0 Å². The van der Waals surface area contributed by atoms with Crippen LogP contribution in [0.5, 0.6) is 0 Å². The zero-order chi connectivity index (χ0) is 20.6. The van der Waals surface area contributed by atoms with Gasteiger partial charge in [-0.15, -0.1) is 35.3 Å². The van der Waals surface area contributed by atoms with Crippen molar-refractivity contribution in [2.45, 2.75) is 53.1 Å². The fraction of sp³-hybridized carbons (Fsp3) is 0.565. The van der Waals surface area contributed by atoms with Crippen LogP contribution in [0.1, 0.15) is 46.5 Å². The topological polar surface area (TPSA) is 52.6 Å². The van der Waals surface area contributed by atoms with E-state index < -0.39 is 0 Å². The van der Waals surface area contributed by atoms with E-state index in [9.17, 15) is 0 Å². The summed E-state index contributed by atoms with van der Waals surface area (Å²) in [6, 6.07) is 8.76. The van der Waals surface area contributed by atoms with Gasteiger partial charge in [-0.1, -0.05) is 31.2 Å². The Labute approximate surface area is 202 Å². The molecule has 1 aromatic carbocycles. The van der Waals surface area contributed by atoms with Gasteiger partial charge in [0.25, 0.3) is 0 Å². The summed E-state index contributed by atoms with van der Waals surface area (Å²) in [7, 11) is 1.83. The molecule has 0 unspecified atom stereocenters. The van der Waals surface area contributed by atoms with Crippen molar-refractivity contribution < 1.29 is 0 Å². The lowest BCUT2D eigenvalue weighted by Crippen LogP contribution is -2.38. The third-order valence-corrected chi connectivity index (χ3v) is 6.90. The van der Waals surface area contributed by atoms with E-state index in [0.29, 0.717) is 0 Å². The Hall–Kier alpha value is -1.19. The molecule has 30 heavy (non-hydrogen) atoms. The molecule has 1 aliphatic heterocycles. The van der Waals surface area contributed by atoms with Crippen LogP contribution in [0.4, 0.5) is 0 Å². The number of guanidine groups is 1. The first-order chi connectivity index (χ1) is 14.0. The van der Waals surface area contributed by atoms with Gasteiger partial charge >= 0.3 is 0 Å². The molecule has 1 aliphatic rings. The maximum Gasteiger partial charge on any atom is 0.191 e. The first-order valence-electron chi connectivity index (χ1n) is 10.7. The van der Waals surface area contributed by atoms with Crippen molar-refractivity contribution in [1.29, 1.82) is 0 Å². The molecule has 0 spiro atoms. The van der Waals surface area contributed by atoms with Crippen LogP contribution in [0.2, 0.25) is 0 Å². The standard InChI is InChI=1S/C23H35N5S.HI/c1-17-10-13-28(14-11-17)16-21-8-6-5-7-20(21)15-26-23(24-4)25-12-9-22-27-18(2)19(3)29-22;/h5-8,17H,9-16H2,1-4H3,(H2,24,25,26);1H. The quantitative estimate of drug-likeness (QED) is 0.308. The second kappa shape index (κ2) is 12.6. The highest BCUT2D eigenvalue weighted by atomic mass is 127. The van der Waals surface area contributed by atoms with Crippen molar-refractivity contribution in [3.05, 3.63) is 51.0 Å². The molecule has 5 nitrogen and oxygen atoms in total. The maximum atomic E-state index is 4.61. The van der Waals surface area contributed by atoms with Gasteiger partial charge < -0.3 is 10.6 Å². The van der Waals surface area contributed by atoms with Crippen LogP contribution in [0, 0.1) is 19.8 Å². The molecule has 3 rings (SSSR count). The Kier molecular flexibility index (Phi) is 10.5. The number of nitrogens with zero attached hydrogens (tertiary/aromatic N) is 3. The minimum atomic E-state index is 0. The summed E-state index contributed by atoms with van der Waals surface area (Å²) < 4.78 is 0. The number of aliphatic imine (C=N–C) groups is 1. The van der Waals surface area contributed by atoms with E-state index in [1.165, 1.54) is 46.9 Å². The van der Waals surface area contributed by atoms with Crippen molar-refractivity contribution in [2.75, 3.05) is 26.7 Å². The number of hydrogen-bond donors (Lipinski definition) is 2. The summed E-state index contributed by atoms with van der Waals surface area (Å²) in [5, 5.41) is 8.08. The summed E-state index contributed by atoms with van der Waals surface area (Å²) in [6.45, 7) is 11.7. The minimum Gasteiger partial charge on any atom is -0.356 e. The molecule has 1 fully saturated rings. The number of aryl methyl sites for hydroxylation is 2. The molecule has 1 saturated heterocycles. The molecule has 0 radical (unpaired) electrons. The van der Waals surface area contributed by atoms with Crippen LogP contribution in [-0.2, 0) is 19.5 Å². The molecule has 2 N–H and O–H groups in total. The van der Waals surface area contributed by atoms with Crippen molar-refractivity contribution in [3.63, 3.8) is 0 Å². The second-order valence-electron chi connectivity index (χ2n) is 8.08. The van der Waals surface area contributed by atoms with Crippen molar-refractivity contribution in [3.8, 4) is 0 Å². The van der Waals surface area contributed by atoms with Gasteiger partial charge in [-0.25, -0.2) is 4.98 Å². The number of hydrogen-bond acceptors (Lipinski definition) is 4. The minimum absolute atomic E-state index is 0. The maximum absolute atomic E-state index is 4.61. The van der Waals surface area contributed by atoms with E-state index in [-0.39, 0.29) is 24.0 Å². The molecule has 0 bridgehead atoms. The fourth-order valence-corrected chi connectivity index (χ4v) is 4.61. The molecule has 0 saturated carbocycles. The van der Waals surface area contributed by atoms with Crippen LogP contribution in [0.3, 0.4) is 0 Å². The van der Waals surface area contributed by atoms with Gasteiger partial charge in [0.05, 0.1) is 10.7 Å². The fourth-order valence-electron chi connectivity index (χ4n) is 3.68. The summed E-state index contributed by atoms with van der Waals surface area (Å²) in [5.41, 5.74) is 3.91. The van der Waals surface area contributed by atoms with Crippen molar-refractivity contribution in [2.24, 2.45) is 10.9 Å². The van der Waals surface area contributed by atoms with E-state index in [1.54, 1.807) is 11.3 Å². The molecule has 166 valence electrons. The molecular formula is C23H36IN5S. The molecule has 0 aliphatic carbocycles. The molecule has 0 amide bonds. The van der Waals surface area contributed by atoms with Gasteiger partial charge in [0, 0.05) is 38.0 Å². The first-order valence-corrected chi connectivity index (χ1v) is 11.5. The largest absolute Gasteiger partial charge is 0.356 e. The SMILES string of the molecule is CN=C(NCCc1nc(C)c(C)s1)NCc1ccccc1CN1CCC(C)CC1.I. The smallest absolute Gasteiger partial charge is 0.191 e. The lowest BCUT2D eigenvalue weighted by molar-refractivity contribution is 0.185.